The molecule has 0 radical (unpaired) electrons. The Labute approximate surface area is 124 Å². The summed E-state index contributed by atoms with van der Waals surface area (Å²) < 4.78 is 5.19. The number of morpholine rings is 1. The van der Waals surface area contributed by atoms with E-state index in [1.165, 1.54) is 0 Å². The number of hydrogen-bond acceptors (Lipinski definition) is 4. The molecule has 0 aliphatic carbocycles. The van der Waals surface area contributed by atoms with E-state index in [2.05, 4.69) is 5.32 Å². The number of nitrogens with zero attached hydrogens (tertiary/aromatic N) is 2. The normalized spacial score (nSPS) is 20.2. The highest BCUT2D eigenvalue weighted by atomic mass is 16.5. The zero-order chi connectivity index (χ0) is 15.2. The molecule has 0 atom stereocenters. The summed E-state index contributed by atoms with van der Waals surface area (Å²) in [6.45, 7) is 5.12. The first-order valence-corrected chi connectivity index (χ1v) is 7.46. The van der Waals surface area contributed by atoms with Gasteiger partial charge in [-0.1, -0.05) is 0 Å². The molecular weight excluding hydrogens is 274 g/mol. The predicted molar refractivity (Wildman–Crippen MR) is 75.4 cm³/mol. The molecule has 0 unspecified atom stereocenters. The summed E-state index contributed by atoms with van der Waals surface area (Å²) in [5.41, 5.74) is 0. The van der Waals surface area contributed by atoms with Crippen molar-refractivity contribution < 1.29 is 19.1 Å². The standard InChI is InChI=1S/C14H23N3O4/c1-11(18)16-4-2-12(3-5-16)14(20)15-10-13(19)17-6-8-21-9-7-17/h12H,2-10H2,1H3,(H,15,20). The van der Waals surface area contributed by atoms with E-state index >= 15 is 0 Å². The van der Waals surface area contributed by atoms with Gasteiger partial charge in [0.25, 0.3) is 0 Å². The van der Waals surface area contributed by atoms with Crippen LogP contribution in [0.5, 0.6) is 0 Å². The fraction of sp³-hybridized carbons (Fsp3) is 0.786. The van der Waals surface area contributed by atoms with Crippen LogP contribution in [0.15, 0.2) is 0 Å². The lowest BCUT2D eigenvalue weighted by molar-refractivity contribution is -0.137. The van der Waals surface area contributed by atoms with Crippen molar-refractivity contribution in [3.05, 3.63) is 0 Å². The van der Waals surface area contributed by atoms with Gasteiger partial charge in [0.05, 0.1) is 19.8 Å². The maximum absolute atomic E-state index is 12.1. The van der Waals surface area contributed by atoms with Crippen molar-refractivity contribution in [3.8, 4) is 0 Å². The van der Waals surface area contributed by atoms with E-state index in [4.69, 9.17) is 4.74 Å². The number of nitrogens with one attached hydrogen (secondary N) is 1. The van der Waals surface area contributed by atoms with Crippen LogP contribution < -0.4 is 5.32 Å². The fourth-order valence-electron chi connectivity index (χ4n) is 2.69. The maximum atomic E-state index is 12.1. The molecule has 3 amide bonds. The van der Waals surface area contributed by atoms with Crippen LogP contribution >= 0.6 is 0 Å². The molecule has 21 heavy (non-hydrogen) atoms. The van der Waals surface area contributed by atoms with Crippen molar-refractivity contribution in [2.24, 2.45) is 5.92 Å². The van der Waals surface area contributed by atoms with Gasteiger partial charge in [-0.25, -0.2) is 0 Å². The van der Waals surface area contributed by atoms with Gasteiger partial charge in [0.1, 0.15) is 0 Å². The summed E-state index contributed by atoms with van der Waals surface area (Å²) in [6.07, 6.45) is 1.33. The predicted octanol–water partition coefficient (Wildman–Crippen LogP) is -0.780. The lowest BCUT2D eigenvalue weighted by atomic mass is 9.96. The average Bonchev–Trinajstić information content (AvgIpc) is 2.53. The van der Waals surface area contributed by atoms with Crippen molar-refractivity contribution in [1.29, 1.82) is 0 Å². The molecule has 0 spiro atoms. The fourth-order valence-corrected chi connectivity index (χ4v) is 2.69. The number of rotatable bonds is 3. The second-order valence-electron chi connectivity index (χ2n) is 5.49. The van der Waals surface area contributed by atoms with Gasteiger partial charge in [-0.15, -0.1) is 0 Å². The minimum Gasteiger partial charge on any atom is -0.378 e. The van der Waals surface area contributed by atoms with Gasteiger partial charge < -0.3 is 19.9 Å². The summed E-state index contributed by atoms with van der Waals surface area (Å²) in [5.74, 6) is -0.193. The van der Waals surface area contributed by atoms with Crippen LogP contribution in [0.25, 0.3) is 0 Å². The molecule has 2 saturated heterocycles. The molecule has 0 saturated carbocycles. The third-order valence-corrected chi connectivity index (χ3v) is 4.09. The van der Waals surface area contributed by atoms with Crippen molar-refractivity contribution in [1.82, 2.24) is 15.1 Å². The quantitative estimate of drug-likeness (QED) is 0.741. The minimum atomic E-state index is -0.0990. The second-order valence-corrected chi connectivity index (χ2v) is 5.49. The molecule has 0 aromatic carbocycles. The van der Waals surface area contributed by atoms with Crippen LogP contribution in [0.1, 0.15) is 19.8 Å². The van der Waals surface area contributed by atoms with E-state index in [0.29, 0.717) is 52.2 Å². The average molecular weight is 297 g/mol. The molecule has 118 valence electrons. The van der Waals surface area contributed by atoms with Crippen molar-refractivity contribution >= 4 is 17.7 Å². The Bertz CT molecular complexity index is 399. The lowest BCUT2D eigenvalue weighted by Crippen LogP contribution is -2.47. The maximum Gasteiger partial charge on any atom is 0.242 e. The lowest BCUT2D eigenvalue weighted by Gasteiger charge is -2.31. The third kappa shape index (κ3) is 4.42. The van der Waals surface area contributed by atoms with Gasteiger partial charge in [-0.2, -0.15) is 0 Å². The van der Waals surface area contributed by atoms with E-state index in [1.807, 2.05) is 0 Å². The summed E-state index contributed by atoms with van der Waals surface area (Å²) in [6, 6.07) is 0. The molecule has 0 aromatic heterocycles. The molecule has 2 aliphatic heterocycles. The third-order valence-electron chi connectivity index (χ3n) is 4.09. The molecule has 2 heterocycles. The molecule has 0 bridgehead atoms. The van der Waals surface area contributed by atoms with E-state index < -0.39 is 0 Å². The van der Waals surface area contributed by atoms with E-state index in [0.717, 1.165) is 0 Å². The van der Waals surface area contributed by atoms with Gasteiger partial charge in [0.2, 0.25) is 17.7 Å². The Morgan fingerprint density at radius 2 is 1.67 bits per heavy atom. The second kappa shape index (κ2) is 7.40. The SMILES string of the molecule is CC(=O)N1CCC(C(=O)NCC(=O)N2CCOCC2)CC1. The number of carbonyl (C=O) groups excluding carboxylic acids is 3. The summed E-state index contributed by atoms with van der Waals surface area (Å²) in [7, 11) is 0. The monoisotopic (exact) mass is 297 g/mol. The largest absolute Gasteiger partial charge is 0.378 e. The van der Waals surface area contributed by atoms with E-state index in [1.54, 1.807) is 16.7 Å². The van der Waals surface area contributed by atoms with Gasteiger partial charge in [0, 0.05) is 39.0 Å². The van der Waals surface area contributed by atoms with Crippen LogP contribution in [0.2, 0.25) is 0 Å². The Morgan fingerprint density at radius 3 is 2.24 bits per heavy atom. The summed E-state index contributed by atoms with van der Waals surface area (Å²) in [4.78, 5) is 38.7. The van der Waals surface area contributed by atoms with Crippen LogP contribution in [0.4, 0.5) is 0 Å². The number of hydrogen-bond donors (Lipinski definition) is 1. The van der Waals surface area contributed by atoms with Gasteiger partial charge in [-0.05, 0) is 12.8 Å². The number of piperidine rings is 1. The smallest absolute Gasteiger partial charge is 0.242 e. The number of ether oxygens (including phenoxy) is 1. The van der Waals surface area contributed by atoms with Crippen LogP contribution in [0.3, 0.4) is 0 Å². The Morgan fingerprint density at radius 1 is 1.05 bits per heavy atom. The van der Waals surface area contributed by atoms with Gasteiger partial charge in [-0.3, -0.25) is 14.4 Å². The molecule has 2 fully saturated rings. The van der Waals surface area contributed by atoms with Gasteiger partial charge >= 0.3 is 0 Å². The Kier molecular flexibility index (Phi) is 5.55. The number of carbonyl (C=O) groups is 3. The van der Waals surface area contributed by atoms with Gasteiger partial charge in [0.15, 0.2) is 0 Å². The minimum absolute atomic E-state index is 0.0474. The van der Waals surface area contributed by atoms with E-state index in [-0.39, 0.29) is 30.2 Å². The highest BCUT2D eigenvalue weighted by molar-refractivity contribution is 5.86. The van der Waals surface area contributed by atoms with Crippen LogP contribution in [-0.2, 0) is 19.1 Å². The van der Waals surface area contributed by atoms with E-state index in [9.17, 15) is 14.4 Å². The van der Waals surface area contributed by atoms with Crippen molar-refractivity contribution in [3.63, 3.8) is 0 Å². The zero-order valence-corrected chi connectivity index (χ0v) is 12.5. The molecule has 0 aromatic rings. The Hall–Kier alpha value is -1.63. The zero-order valence-electron chi connectivity index (χ0n) is 12.5. The molecule has 7 nitrogen and oxygen atoms in total. The molecule has 2 aliphatic rings. The van der Waals surface area contributed by atoms with Crippen LogP contribution in [0, 0.1) is 5.92 Å². The summed E-state index contributed by atoms with van der Waals surface area (Å²) >= 11 is 0. The van der Waals surface area contributed by atoms with Crippen molar-refractivity contribution in [2.45, 2.75) is 19.8 Å². The topological polar surface area (TPSA) is 79.0 Å². The highest BCUT2D eigenvalue weighted by Crippen LogP contribution is 2.17. The Balaban J connectivity index is 1.70. The summed E-state index contributed by atoms with van der Waals surface area (Å²) in [5, 5.41) is 2.72. The van der Waals surface area contributed by atoms with Crippen molar-refractivity contribution in [2.75, 3.05) is 45.9 Å². The number of likely N-dealkylation sites (tertiary alicyclic amines) is 1. The molecule has 1 N–H and O–H groups in total. The van der Waals surface area contributed by atoms with Crippen LogP contribution in [-0.4, -0.2) is 73.5 Å². The first-order valence-electron chi connectivity index (χ1n) is 7.46. The highest BCUT2D eigenvalue weighted by Gasteiger charge is 2.26. The molecule has 2 rings (SSSR count). The molecule has 7 heteroatoms. The number of amides is 3. The molecular formula is C14H23N3O4. The first-order chi connectivity index (χ1) is 10.1. The first kappa shape index (κ1) is 15.8.